The summed E-state index contributed by atoms with van der Waals surface area (Å²) < 4.78 is 33.2. The van der Waals surface area contributed by atoms with Crippen molar-refractivity contribution < 1.29 is 22.7 Å². The Morgan fingerprint density at radius 1 is 1.06 bits per heavy atom. The number of nitrogens with one attached hydrogen (secondary N) is 2. The van der Waals surface area contributed by atoms with Gasteiger partial charge in [-0.05, 0) is 57.5 Å². The van der Waals surface area contributed by atoms with E-state index in [1.165, 1.54) is 30.2 Å². The summed E-state index contributed by atoms with van der Waals surface area (Å²) in [5, 5.41) is 2.80. The number of para-hydroxylation sites is 1. The van der Waals surface area contributed by atoms with E-state index in [1.807, 2.05) is 13.0 Å². The van der Waals surface area contributed by atoms with Crippen molar-refractivity contribution in [2.24, 2.45) is 0 Å². The van der Waals surface area contributed by atoms with Crippen LogP contribution in [-0.2, 0) is 14.8 Å². The van der Waals surface area contributed by atoms with Gasteiger partial charge in [-0.3, -0.25) is 9.59 Å². The standard InChI is InChI=1S/C23H31N3O5S/c1-6-14-26(17(4)22(27)24-19-10-8-7-9-11-19)23(28)18-12-13-20(31-5)21(15-18)32(29,30)25-16(2)3/h7-13,15-17,25H,6,14H2,1-5H3,(H,24,27). The third-order valence-corrected chi connectivity index (χ3v) is 6.38. The largest absolute Gasteiger partial charge is 0.495 e. The summed E-state index contributed by atoms with van der Waals surface area (Å²) in [5.41, 5.74) is 0.786. The van der Waals surface area contributed by atoms with Crippen LogP contribution < -0.4 is 14.8 Å². The maximum absolute atomic E-state index is 13.3. The number of carbonyl (C=O) groups excluding carboxylic acids is 2. The van der Waals surface area contributed by atoms with E-state index in [2.05, 4.69) is 10.0 Å². The topological polar surface area (TPSA) is 105 Å². The molecule has 2 aromatic rings. The van der Waals surface area contributed by atoms with Gasteiger partial charge in [0.05, 0.1) is 7.11 Å². The molecule has 0 saturated carbocycles. The maximum Gasteiger partial charge on any atom is 0.254 e. The Labute approximate surface area is 190 Å². The molecular formula is C23H31N3O5S. The maximum atomic E-state index is 13.3. The smallest absolute Gasteiger partial charge is 0.254 e. The Bertz CT molecular complexity index is 1040. The summed E-state index contributed by atoms with van der Waals surface area (Å²) in [5.74, 6) is -0.640. The first-order chi connectivity index (χ1) is 15.1. The fraction of sp³-hybridized carbons (Fsp3) is 0.391. The first-order valence-electron chi connectivity index (χ1n) is 10.5. The third-order valence-electron chi connectivity index (χ3n) is 4.70. The average molecular weight is 462 g/mol. The molecule has 2 aromatic carbocycles. The van der Waals surface area contributed by atoms with Gasteiger partial charge in [0, 0.05) is 23.8 Å². The fourth-order valence-corrected chi connectivity index (χ4v) is 4.63. The van der Waals surface area contributed by atoms with Crippen LogP contribution in [0.5, 0.6) is 5.75 Å². The Hall–Kier alpha value is -2.91. The van der Waals surface area contributed by atoms with Crippen molar-refractivity contribution >= 4 is 27.5 Å². The Morgan fingerprint density at radius 2 is 1.72 bits per heavy atom. The minimum Gasteiger partial charge on any atom is -0.495 e. The number of benzene rings is 2. The molecule has 2 amide bonds. The summed E-state index contributed by atoms with van der Waals surface area (Å²) in [6.07, 6.45) is 0.630. The molecule has 2 rings (SSSR count). The van der Waals surface area contributed by atoms with Crippen LogP contribution in [0.25, 0.3) is 0 Å². The Morgan fingerprint density at radius 3 is 2.28 bits per heavy atom. The molecular weight excluding hydrogens is 430 g/mol. The van der Waals surface area contributed by atoms with Crippen LogP contribution in [0, 0.1) is 0 Å². The van der Waals surface area contributed by atoms with Gasteiger partial charge in [0.2, 0.25) is 15.9 Å². The fourth-order valence-electron chi connectivity index (χ4n) is 3.18. The molecule has 1 atom stereocenters. The number of ether oxygens (including phenoxy) is 1. The molecule has 0 saturated heterocycles. The van der Waals surface area contributed by atoms with Crippen molar-refractivity contribution in [2.75, 3.05) is 19.0 Å². The van der Waals surface area contributed by atoms with Crippen LogP contribution in [-0.4, -0.2) is 50.9 Å². The van der Waals surface area contributed by atoms with E-state index in [0.717, 1.165) is 0 Å². The van der Waals surface area contributed by atoms with Gasteiger partial charge in [0.1, 0.15) is 16.7 Å². The van der Waals surface area contributed by atoms with Gasteiger partial charge < -0.3 is 15.0 Å². The lowest BCUT2D eigenvalue weighted by molar-refractivity contribution is -0.120. The van der Waals surface area contributed by atoms with Crippen molar-refractivity contribution in [1.29, 1.82) is 0 Å². The molecule has 0 spiro atoms. The van der Waals surface area contributed by atoms with Gasteiger partial charge in [-0.15, -0.1) is 0 Å². The average Bonchev–Trinajstić information content (AvgIpc) is 2.76. The van der Waals surface area contributed by atoms with Crippen molar-refractivity contribution in [3.05, 3.63) is 54.1 Å². The number of carbonyl (C=O) groups is 2. The molecule has 8 nitrogen and oxygen atoms in total. The normalized spacial score (nSPS) is 12.3. The van der Waals surface area contributed by atoms with E-state index in [1.54, 1.807) is 45.0 Å². The molecule has 1 unspecified atom stereocenters. The molecule has 0 aliphatic heterocycles. The van der Waals surface area contributed by atoms with Crippen LogP contribution in [0.4, 0.5) is 5.69 Å². The van der Waals surface area contributed by atoms with Gasteiger partial charge in [0.25, 0.3) is 5.91 Å². The molecule has 0 aromatic heterocycles. The molecule has 174 valence electrons. The van der Waals surface area contributed by atoms with Crippen LogP contribution in [0.15, 0.2) is 53.4 Å². The monoisotopic (exact) mass is 461 g/mol. The van der Waals surface area contributed by atoms with E-state index in [-0.39, 0.29) is 28.2 Å². The van der Waals surface area contributed by atoms with Crippen molar-refractivity contribution in [3.8, 4) is 5.75 Å². The highest BCUT2D eigenvalue weighted by Crippen LogP contribution is 2.26. The second-order valence-electron chi connectivity index (χ2n) is 7.67. The lowest BCUT2D eigenvalue weighted by Crippen LogP contribution is -2.46. The van der Waals surface area contributed by atoms with Crippen LogP contribution in [0.2, 0.25) is 0 Å². The van der Waals surface area contributed by atoms with Gasteiger partial charge in [-0.2, -0.15) is 0 Å². The van der Waals surface area contributed by atoms with Crippen molar-refractivity contribution in [1.82, 2.24) is 9.62 Å². The van der Waals surface area contributed by atoms with E-state index in [9.17, 15) is 18.0 Å². The summed E-state index contributed by atoms with van der Waals surface area (Å²) in [6.45, 7) is 7.29. The van der Waals surface area contributed by atoms with E-state index >= 15 is 0 Å². The predicted octanol–water partition coefficient (Wildman–Crippen LogP) is 3.26. The number of rotatable bonds is 10. The van der Waals surface area contributed by atoms with Crippen molar-refractivity contribution in [3.63, 3.8) is 0 Å². The highest BCUT2D eigenvalue weighted by molar-refractivity contribution is 7.89. The van der Waals surface area contributed by atoms with Crippen LogP contribution in [0.3, 0.4) is 0 Å². The van der Waals surface area contributed by atoms with Gasteiger partial charge >= 0.3 is 0 Å². The number of amides is 2. The second-order valence-corrected chi connectivity index (χ2v) is 9.35. The quantitative estimate of drug-likeness (QED) is 0.565. The van der Waals surface area contributed by atoms with Gasteiger partial charge in [-0.1, -0.05) is 25.1 Å². The van der Waals surface area contributed by atoms with E-state index in [4.69, 9.17) is 4.74 Å². The molecule has 2 N–H and O–H groups in total. The van der Waals surface area contributed by atoms with Crippen LogP contribution >= 0.6 is 0 Å². The zero-order valence-electron chi connectivity index (χ0n) is 19.1. The molecule has 0 bridgehead atoms. The number of hydrogen-bond acceptors (Lipinski definition) is 5. The minimum atomic E-state index is -3.90. The summed E-state index contributed by atoms with van der Waals surface area (Å²) in [6, 6.07) is 12.1. The number of sulfonamides is 1. The lowest BCUT2D eigenvalue weighted by Gasteiger charge is -2.28. The van der Waals surface area contributed by atoms with Gasteiger partial charge in [-0.25, -0.2) is 13.1 Å². The zero-order chi connectivity index (χ0) is 23.9. The molecule has 0 aliphatic carbocycles. The van der Waals surface area contributed by atoms with E-state index in [0.29, 0.717) is 18.7 Å². The van der Waals surface area contributed by atoms with Crippen molar-refractivity contribution in [2.45, 2.75) is 51.1 Å². The predicted molar refractivity (Wildman–Crippen MR) is 124 cm³/mol. The second kappa shape index (κ2) is 11.1. The first-order valence-corrected chi connectivity index (χ1v) is 12.0. The Balaban J connectivity index is 2.36. The summed E-state index contributed by atoms with van der Waals surface area (Å²) in [7, 11) is -2.53. The van der Waals surface area contributed by atoms with Gasteiger partial charge in [0.15, 0.2) is 0 Å². The number of hydrogen-bond donors (Lipinski definition) is 2. The molecule has 0 heterocycles. The molecule has 0 radical (unpaired) electrons. The highest BCUT2D eigenvalue weighted by atomic mass is 32.2. The van der Waals surface area contributed by atoms with E-state index < -0.39 is 22.0 Å². The lowest BCUT2D eigenvalue weighted by atomic mass is 10.1. The SMILES string of the molecule is CCCN(C(=O)c1ccc(OC)c(S(=O)(=O)NC(C)C)c1)C(C)C(=O)Nc1ccccc1. The minimum absolute atomic E-state index is 0.127. The Kier molecular flexibility index (Phi) is 8.80. The number of anilines is 1. The molecule has 0 fully saturated rings. The highest BCUT2D eigenvalue weighted by Gasteiger charge is 2.28. The third kappa shape index (κ3) is 6.30. The molecule has 32 heavy (non-hydrogen) atoms. The summed E-state index contributed by atoms with van der Waals surface area (Å²) >= 11 is 0. The first kappa shape index (κ1) is 25.4. The molecule has 9 heteroatoms. The zero-order valence-corrected chi connectivity index (χ0v) is 19.9. The number of methoxy groups -OCH3 is 1. The number of nitrogens with zero attached hydrogens (tertiary/aromatic N) is 1. The molecule has 0 aliphatic rings. The summed E-state index contributed by atoms with van der Waals surface area (Å²) in [4.78, 5) is 27.4. The van der Waals surface area contributed by atoms with Crippen LogP contribution in [0.1, 0.15) is 44.5 Å².